The minimum Gasteiger partial charge on any atom is -0.369 e. The first-order valence-corrected chi connectivity index (χ1v) is 11.4. The van der Waals surface area contributed by atoms with Gasteiger partial charge in [-0.15, -0.1) is 0 Å². The normalized spacial score (nSPS) is 11.2. The molecular formula is C18H40N2O3S2. The number of nitrogens with one attached hydrogen (secondary N) is 2. The van der Waals surface area contributed by atoms with E-state index in [1.165, 1.54) is 0 Å². The maximum absolute atomic E-state index is 11.5. The fourth-order valence-electron chi connectivity index (χ4n) is 1.33. The Morgan fingerprint density at radius 2 is 2.00 bits per heavy atom. The Bertz CT molecular complexity index is 368. The molecule has 0 saturated heterocycles. The Hall–Kier alpha value is -0.390. The second-order valence-electron chi connectivity index (χ2n) is 5.04. The van der Waals surface area contributed by atoms with E-state index in [1.54, 1.807) is 21.6 Å². The molecule has 0 fully saturated rings. The Labute approximate surface area is 165 Å². The van der Waals surface area contributed by atoms with E-state index in [9.17, 15) is 4.79 Å². The minimum atomic E-state index is -0.146. The maximum Gasteiger partial charge on any atom is 0.246 e. The lowest BCUT2D eigenvalue weighted by Gasteiger charge is -2.14. The third kappa shape index (κ3) is 21.6. The smallest absolute Gasteiger partial charge is 0.246 e. The highest BCUT2D eigenvalue weighted by Crippen LogP contribution is 2.28. The van der Waals surface area contributed by atoms with E-state index in [4.69, 9.17) is 9.47 Å². The van der Waals surface area contributed by atoms with Gasteiger partial charge in [0.25, 0.3) is 0 Å². The van der Waals surface area contributed by atoms with Gasteiger partial charge in [0, 0.05) is 21.1 Å². The molecule has 0 aliphatic rings. The zero-order valence-electron chi connectivity index (χ0n) is 16.6. The standard InChI is InChI=1S/C16H30N2O3S2.C2H6.2H2/c1-5-16(23-22-12-9-17-4)21-11-10-20-13-15(19)18-8-6-7-14(2)3;1-2;;/h14,16-17H,5,8-13H2,1-4H3,(H,18,19);1-2H3;2*1H. The molecule has 0 bridgehead atoms. The number of rotatable bonds is 13. The third-order valence-electron chi connectivity index (χ3n) is 2.47. The summed E-state index contributed by atoms with van der Waals surface area (Å²) < 4.78 is 11.0. The molecule has 152 valence electrons. The lowest BCUT2D eigenvalue weighted by atomic mass is 10.2. The van der Waals surface area contributed by atoms with Crippen molar-refractivity contribution in [2.45, 2.75) is 46.5 Å². The van der Waals surface area contributed by atoms with Crippen LogP contribution in [-0.4, -0.2) is 57.1 Å². The summed E-state index contributed by atoms with van der Waals surface area (Å²) in [7, 11) is 5.50. The highest BCUT2D eigenvalue weighted by Gasteiger charge is 2.07. The van der Waals surface area contributed by atoms with Gasteiger partial charge in [-0.1, -0.05) is 68.0 Å². The predicted molar refractivity (Wildman–Crippen MR) is 116 cm³/mol. The fourth-order valence-corrected chi connectivity index (χ4v) is 3.73. The van der Waals surface area contributed by atoms with Crippen LogP contribution in [0.1, 0.15) is 43.9 Å². The molecule has 0 saturated carbocycles. The monoisotopic (exact) mass is 396 g/mol. The van der Waals surface area contributed by atoms with Crippen LogP contribution in [0.3, 0.4) is 0 Å². The van der Waals surface area contributed by atoms with Gasteiger partial charge >= 0.3 is 0 Å². The summed E-state index contributed by atoms with van der Waals surface area (Å²) in [5.41, 5.74) is 0.167. The van der Waals surface area contributed by atoms with Crippen molar-refractivity contribution in [3.05, 3.63) is 0 Å². The molecule has 5 nitrogen and oxygen atoms in total. The van der Waals surface area contributed by atoms with Gasteiger partial charge in [0.15, 0.2) is 0 Å². The number of carbonyl (C=O) groups excluding carboxylic acids is 1. The van der Waals surface area contributed by atoms with E-state index in [-0.39, 0.29) is 20.8 Å². The molecule has 0 aromatic carbocycles. The quantitative estimate of drug-likeness (QED) is 0.214. The van der Waals surface area contributed by atoms with Crippen LogP contribution in [0.25, 0.3) is 0 Å². The SMILES string of the molecule is CC.CCC(OCCOCC(=O)NCC#CC(C)C)SSCCNC.[HH].[HH]. The highest BCUT2D eigenvalue weighted by atomic mass is 33.1. The molecule has 1 amide bonds. The van der Waals surface area contributed by atoms with E-state index in [1.807, 2.05) is 34.7 Å². The lowest BCUT2D eigenvalue weighted by Crippen LogP contribution is -2.28. The van der Waals surface area contributed by atoms with Crippen molar-refractivity contribution in [3.63, 3.8) is 0 Å². The first-order valence-electron chi connectivity index (χ1n) is 8.97. The Morgan fingerprint density at radius 3 is 2.60 bits per heavy atom. The molecule has 0 aliphatic heterocycles. The maximum atomic E-state index is 11.5. The molecule has 2 N–H and O–H groups in total. The molecule has 0 aromatic heterocycles. The Balaban J connectivity index is -0.000000637. The molecule has 0 aromatic rings. The van der Waals surface area contributed by atoms with Crippen molar-refractivity contribution in [1.82, 2.24) is 10.6 Å². The van der Waals surface area contributed by atoms with Gasteiger partial charge in [0.2, 0.25) is 5.91 Å². The number of carbonyl (C=O) groups is 1. The fraction of sp³-hybridized carbons (Fsp3) is 0.833. The zero-order valence-corrected chi connectivity index (χ0v) is 18.3. The second-order valence-corrected chi connectivity index (χ2v) is 7.68. The number of hydrogen-bond acceptors (Lipinski definition) is 6. The summed E-state index contributed by atoms with van der Waals surface area (Å²) in [5.74, 6) is 7.11. The van der Waals surface area contributed by atoms with E-state index >= 15 is 0 Å². The van der Waals surface area contributed by atoms with Crippen LogP contribution < -0.4 is 10.6 Å². The topological polar surface area (TPSA) is 59.6 Å². The zero-order chi connectivity index (χ0) is 19.3. The van der Waals surface area contributed by atoms with Crippen LogP contribution in [0, 0.1) is 17.8 Å². The summed E-state index contributed by atoms with van der Waals surface area (Å²) in [6.45, 7) is 12.5. The van der Waals surface area contributed by atoms with Gasteiger partial charge in [0.05, 0.1) is 19.8 Å². The molecule has 1 unspecified atom stereocenters. The Morgan fingerprint density at radius 1 is 1.28 bits per heavy atom. The Kier molecular flexibility index (Phi) is 23.2. The average molecular weight is 397 g/mol. The van der Waals surface area contributed by atoms with Gasteiger partial charge in [-0.3, -0.25) is 4.79 Å². The number of hydrogen-bond donors (Lipinski definition) is 2. The van der Waals surface area contributed by atoms with Crippen LogP contribution in [-0.2, 0) is 14.3 Å². The van der Waals surface area contributed by atoms with Gasteiger partial charge in [-0.2, -0.15) is 0 Å². The molecule has 0 spiro atoms. The number of amides is 1. The first kappa shape index (κ1) is 26.8. The van der Waals surface area contributed by atoms with Crippen LogP contribution in [0.4, 0.5) is 0 Å². The van der Waals surface area contributed by atoms with Crippen molar-refractivity contribution in [3.8, 4) is 11.8 Å². The summed E-state index contributed by atoms with van der Waals surface area (Å²) in [4.78, 5) is 11.5. The van der Waals surface area contributed by atoms with Crippen molar-refractivity contribution < 1.29 is 17.1 Å². The molecule has 7 heteroatoms. The van der Waals surface area contributed by atoms with E-state index in [2.05, 4.69) is 29.4 Å². The predicted octanol–water partition coefficient (Wildman–Crippen LogP) is 3.65. The molecule has 1 atom stereocenters. The molecule has 0 rings (SSSR count). The highest BCUT2D eigenvalue weighted by molar-refractivity contribution is 8.76. The first-order chi connectivity index (χ1) is 12.1. The molecule has 0 heterocycles. The second kappa shape index (κ2) is 21.7. The van der Waals surface area contributed by atoms with Gasteiger partial charge in [-0.05, 0) is 13.5 Å². The van der Waals surface area contributed by atoms with Crippen LogP contribution in [0.15, 0.2) is 0 Å². The van der Waals surface area contributed by atoms with E-state index in [0.717, 1.165) is 18.7 Å². The van der Waals surface area contributed by atoms with Crippen molar-refractivity contribution in [2.75, 3.05) is 45.7 Å². The van der Waals surface area contributed by atoms with Gasteiger partial charge in [0.1, 0.15) is 12.0 Å². The molecule has 0 radical (unpaired) electrons. The van der Waals surface area contributed by atoms with Crippen molar-refractivity contribution >= 4 is 27.5 Å². The molecule has 0 aliphatic carbocycles. The van der Waals surface area contributed by atoms with Crippen molar-refractivity contribution in [1.29, 1.82) is 0 Å². The largest absolute Gasteiger partial charge is 0.369 e. The van der Waals surface area contributed by atoms with Crippen LogP contribution in [0.5, 0.6) is 0 Å². The van der Waals surface area contributed by atoms with E-state index < -0.39 is 0 Å². The lowest BCUT2D eigenvalue weighted by molar-refractivity contribution is -0.126. The van der Waals surface area contributed by atoms with Gasteiger partial charge < -0.3 is 20.1 Å². The van der Waals surface area contributed by atoms with Gasteiger partial charge in [-0.25, -0.2) is 0 Å². The summed E-state index contributed by atoms with van der Waals surface area (Å²) in [5, 5.41) is 5.81. The number of ether oxygens (including phenoxy) is 2. The summed E-state index contributed by atoms with van der Waals surface area (Å²) in [6, 6.07) is 0. The summed E-state index contributed by atoms with van der Waals surface area (Å²) >= 11 is 0. The minimum absolute atomic E-state index is 0. The summed E-state index contributed by atoms with van der Waals surface area (Å²) in [6.07, 6.45) is 0.951. The average Bonchev–Trinajstić information content (AvgIpc) is 2.61. The van der Waals surface area contributed by atoms with Crippen molar-refractivity contribution in [2.24, 2.45) is 5.92 Å². The molecular weight excluding hydrogens is 356 g/mol. The van der Waals surface area contributed by atoms with Crippen LogP contribution in [0.2, 0.25) is 0 Å². The van der Waals surface area contributed by atoms with E-state index in [0.29, 0.717) is 25.7 Å². The van der Waals surface area contributed by atoms with Crippen LogP contribution >= 0.6 is 21.6 Å². The third-order valence-corrected chi connectivity index (χ3v) is 5.22. The molecule has 25 heavy (non-hydrogen) atoms.